The Kier molecular flexibility index (Phi) is 5.33. The first-order valence-electron chi connectivity index (χ1n) is 9.15. The van der Waals surface area contributed by atoms with Crippen molar-refractivity contribution < 1.29 is 13.9 Å². The van der Waals surface area contributed by atoms with Crippen LogP contribution in [-0.4, -0.2) is 22.6 Å². The molecule has 30 heavy (non-hydrogen) atoms. The molecule has 2 heterocycles. The molecule has 0 aliphatic rings. The third-order valence-electron chi connectivity index (χ3n) is 4.68. The van der Waals surface area contributed by atoms with Gasteiger partial charge in [-0.15, -0.1) is 11.3 Å². The van der Waals surface area contributed by atoms with E-state index in [1.807, 2.05) is 6.92 Å². The Balaban J connectivity index is 1.70. The summed E-state index contributed by atoms with van der Waals surface area (Å²) in [7, 11) is 1.52. The summed E-state index contributed by atoms with van der Waals surface area (Å²) in [6.45, 7) is 1.70. The van der Waals surface area contributed by atoms with Crippen LogP contribution in [0.4, 0.5) is 10.1 Å². The quantitative estimate of drug-likeness (QED) is 0.522. The van der Waals surface area contributed by atoms with E-state index in [1.165, 1.54) is 41.5 Å². The summed E-state index contributed by atoms with van der Waals surface area (Å²) in [5.41, 5.74) is 1.64. The van der Waals surface area contributed by atoms with Gasteiger partial charge in [0.1, 0.15) is 22.9 Å². The summed E-state index contributed by atoms with van der Waals surface area (Å²) < 4.78 is 19.8. The molecule has 0 fully saturated rings. The van der Waals surface area contributed by atoms with Crippen LogP contribution in [0.15, 0.2) is 59.7 Å². The zero-order valence-electron chi connectivity index (χ0n) is 16.3. The van der Waals surface area contributed by atoms with Crippen molar-refractivity contribution >= 4 is 33.1 Å². The van der Waals surface area contributed by atoms with Crippen LogP contribution in [0.5, 0.6) is 5.75 Å². The van der Waals surface area contributed by atoms with Gasteiger partial charge in [0.15, 0.2) is 0 Å². The van der Waals surface area contributed by atoms with Crippen molar-refractivity contribution in [2.24, 2.45) is 0 Å². The lowest BCUT2D eigenvalue weighted by Crippen LogP contribution is -2.28. The number of amides is 1. The zero-order valence-corrected chi connectivity index (χ0v) is 17.1. The monoisotopic (exact) mass is 423 g/mol. The molecule has 8 heteroatoms. The van der Waals surface area contributed by atoms with Gasteiger partial charge in [0.05, 0.1) is 24.5 Å². The SMILES string of the molecule is COc1ccccc1NC(=O)Cn1cnc2sc(C)c(-c3ccc(F)cc3)c2c1=O. The van der Waals surface area contributed by atoms with Gasteiger partial charge in [0.25, 0.3) is 5.56 Å². The number of aromatic nitrogens is 2. The number of aryl methyl sites for hydroxylation is 1. The first-order valence-corrected chi connectivity index (χ1v) is 9.97. The largest absolute Gasteiger partial charge is 0.495 e. The molecule has 0 spiro atoms. The van der Waals surface area contributed by atoms with Crippen LogP contribution in [0.3, 0.4) is 0 Å². The van der Waals surface area contributed by atoms with Gasteiger partial charge in [0, 0.05) is 10.4 Å². The molecule has 1 amide bonds. The summed E-state index contributed by atoms with van der Waals surface area (Å²) in [6, 6.07) is 13.0. The standard InChI is InChI=1S/C22H18FN3O3S/c1-13-19(14-7-9-15(23)10-8-14)20-21(30-13)24-12-26(22(20)28)11-18(27)25-16-5-3-4-6-17(16)29-2/h3-10,12H,11H2,1-2H3,(H,25,27). The molecule has 0 atom stereocenters. The normalized spacial score (nSPS) is 10.9. The van der Waals surface area contributed by atoms with Crippen LogP contribution in [0, 0.1) is 12.7 Å². The number of rotatable bonds is 5. The lowest BCUT2D eigenvalue weighted by molar-refractivity contribution is -0.116. The van der Waals surface area contributed by atoms with Crippen molar-refractivity contribution in [2.75, 3.05) is 12.4 Å². The summed E-state index contributed by atoms with van der Waals surface area (Å²) in [5, 5.41) is 3.18. The number of halogens is 1. The van der Waals surface area contributed by atoms with Crippen LogP contribution < -0.4 is 15.6 Å². The van der Waals surface area contributed by atoms with Gasteiger partial charge in [-0.3, -0.25) is 14.2 Å². The van der Waals surface area contributed by atoms with Crippen LogP contribution in [-0.2, 0) is 11.3 Å². The Bertz CT molecular complexity index is 1300. The van der Waals surface area contributed by atoms with Gasteiger partial charge in [-0.2, -0.15) is 0 Å². The first-order chi connectivity index (χ1) is 14.5. The fourth-order valence-electron chi connectivity index (χ4n) is 3.31. The summed E-state index contributed by atoms with van der Waals surface area (Å²) in [4.78, 5) is 31.6. The third-order valence-corrected chi connectivity index (χ3v) is 5.70. The van der Waals surface area contributed by atoms with E-state index >= 15 is 0 Å². The van der Waals surface area contributed by atoms with E-state index in [-0.39, 0.29) is 23.8 Å². The number of para-hydroxylation sites is 2. The van der Waals surface area contributed by atoms with E-state index in [4.69, 9.17) is 4.74 Å². The fourth-order valence-corrected chi connectivity index (χ4v) is 4.31. The summed E-state index contributed by atoms with van der Waals surface area (Å²) >= 11 is 1.39. The molecule has 152 valence electrons. The van der Waals surface area contributed by atoms with Crippen molar-refractivity contribution in [1.82, 2.24) is 9.55 Å². The Morgan fingerprint density at radius 2 is 1.93 bits per heavy atom. The van der Waals surface area contributed by atoms with Gasteiger partial charge >= 0.3 is 0 Å². The smallest absolute Gasteiger partial charge is 0.263 e. The van der Waals surface area contributed by atoms with Crippen molar-refractivity contribution in [3.05, 3.63) is 75.9 Å². The van der Waals surface area contributed by atoms with E-state index in [0.29, 0.717) is 27.2 Å². The highest BCUT2D eigenvalue weighted by atomic mass is 32.1. The highest BCUT2D eigenvalue weighted by Crippen LogP contribution is 2.35. The first kappa shape index (κ1) is 19.8. The second kappa shape index (κ2) is 8.08. The minimum atomic E-state index is -0.377. The van der Waals surface area contributed by atoms with E-state index in [9.17, 15) is 14.0 Å². The molecular formula is C22H18FN3O3S. The third kappa shape index (κ3) is 3.69. The number of hydrogen-bond donors (Lipinski definition) is 1. The maximum atomic E-state index is 13.3. The predicted octanol–water partition coefficient (Wildman–Crippen LogP) is 4.22. The number of methoxy groups -OCH3 is 1. The molecular weight excluding hydrogens is 405 g/mol. The van der Waals surface area contributed by atoms with Gasteiger partial charge in [0.2, 0.25) is 5.91 Å². The van der Waals surface area contributed by atoms with Crippen molar-refractivity contribution in [3.8, 4) is 16.9 Å². The number of nitrogens with zero attached hydrogens (tertiary/aromatic N) is 2. The maximum absolute atomic E-state index is 13.3. The molecule has 6 nitrogen and oxygen atoms in total. The van der Waals surface area contributed by atoms with Gasteiger partial charge in [-0.25, -0.2) is 9.37 Å². The minimum absolute atomic E-state index is 0.197. The lowest BCUT2D eigenvalue weighted by Gasteiger charge is -2.11. The fraction of sp³-hybridized carbons (Fsp3) is 0.136. The molecule has 0 unspecified atom stereocenters. The Labute approximate surface area is 175 Å². The molecule has 4 aromatic rings. The molecule has 2 aromatic heterocycles. The lowest BCUT2D eigenvalue weighted by atomic mass is 10.0. The number of carbonyl (C=O) groups is 1. The molecule has 0 aliphatic carbocycles. The number of benzene rings is 2. The molecule has 0 aliphatic heterocycles. The van der Waals surface area contributed by atoms with E-state index in [1.54, 1.807) is 36.4 Å². The second-order valence-corrected chi connectivity index (χ2v) is 7.85. The molecule has 4 rings (SSSR count). The predicted molar refractivity (Wildman–Crippen MR) is 116 cm³/mol. The number of anilines is 1. The molecule has 0 saturated heterocycles. The zero-order chi connectivity index (χ0) is 21.3. The summed E-state index contributed by atoms with van der Waals surface area (Å²) in [6.07, 6.45) is 1.37. The Morgan fingerprint density at radius 3 is 2.67 bits per heavy atom. The van der Waals surface area contributed by atoms with E-state index in [0.717, 1.165) is 10.4 Å². The van der Waals surface area contributed by atoms with Crippen molar-refractivity contribution in [1.29, 1.82) is 0 Å². The van der Waals surface area contributed by atoms with Gasteiger partial charge < -0.3 is 10.1 Å². The highest BCUT2D eigenvalue weighted by Gasteiger charge is 2.18. The van der Waals surface area contributed by atoms with Crippen molar-refractivity contribution in [2.45, 2.75) is 13.5 Å². The topological polar surface area (TPSA) is 73.2 Å². The Morgan fingerprint density at radius 1 is 1.20 bits per heavy atom. The van der Waals surface area contributed by atoms with Gasteiger partial charge in [-0.05, 0) is 36.8 Å². The van der Waals surface area contributed by atoms with Crippen LogP contribution in [0.1, 0.15) is 4.88 Å². The highest BCUT2D eigenvalue weighted by molar-refractivity contribution is 7.19. The number of thiophene rings is 1. The number of carbonyl (C=O) groups excluding carboxylic acids is 1. The van der Waals surface area contributed by atoms with E-state index in [2.05, 4.69) is 10.3 Å². The maximum Gasteiger partial charge on any atom is 0.263 e. The molecule has 0 radical (unpaired) electrons. The number of nitrogens with one attached hydrogen (secondary N) is 1. The Hall–Kier alpha value is -3.52. The van der Waals surface area contributed by atoms with Crippen molar-refractivity contribution in [3.63, 3.8) is 0 Å². The van der Waals surface area contributed by atoms with Crippen LogP contribution in [0.2, 0.25) is 0 Å². The second-order valence-electron chi connectivity index (χ2n) is 6.65. The average molecular weight is 423 g/mol. The molecule has 0 saturated carbocycles. The molecule has 0 bridgehead atoms. The molecule has 2 aromatic carbocycles. The average Bonchev–Trinajstić information content (AvgIpc) is 3.08. The summed E-state index contributed by atoms with van der Waals surface area (Å²) in [5.74, 6) is -0.198. The number of hydrogen-bond acceptors (Lipinski definition) is 5. The minimum Gasteiger partial charge on any atom is -0.495 e. The molecule has 1 N–H and O–H groups in total. The van der Waals surface area contributed by atoms with E-state index < -0.39 is 0 Å². The van der Waals surface area contributed by atoms with Crippen LogP contribution >= 0.6 is 11.3 Å². The number of ether oxygens (including phenoxy) is 1. The van der Waals surface area contributed by atoms with Crippen LogP contribution in [0.25, 0.3) is 21.3 Å². The van der Waals surface area contributed by atoms with Gasteiger partial charge in [-0.1, -0.05) is 24.3 Å². The number of fused-ring (bicyclic) bond motifs is 1.